The Morgan fingerprint density at radius 2 is 1.85 bits per heavy atom. The number of carbonyl (C=O) groups is 1. The number of nitrogens with zero attached hydrogens (tertiary/aromatic N) is 2. The number of carbonyl (C=O) groups excluding carboxylic acids is 1. The fourth-order valence-corrected chi connectivity index (χ4v) is 3.89. The number of aromatic nitrogens is 2. The SMILES string of the molecule is COc1cccc(-c2[nH]nc3c2[C@@H](c2cc(OC)c(OC(C)=O)c(OC)c2)C(C#N)=C(N)O3)c1. The first-order valence-corrected chi connectivity index (χ1v) is 10.2. The molecule has 1 aliphatic rings. The molecule has 0 unspecified atom stereocenters. The standard InChI is InChI=1S/C24H22N4O6/c1-12(29)33-22-17(31-3)9-14(10-18(22)32-4)19-16(11-25)23(26)34-24-20(19)21(27-28-24)13-6-5-7-15(8-13)30-2/h5-10,19H,26H2,1-4H3,(H,27,28)/t19-/m0/s1. The van der Waals surface area contributed by atoms with E-state index in [0.29, 0.717) is 22.6 Å². The summed E-state index contributed by atoms with van der Waals surface area (Å²) in [5.41, 5.74) is 8.87. The first kappa shape index (κ1) is 22.5. The van der Waals surface area contributed by atoms with Crippen molar-refractivity contribution in [2.45, 2.75) is 12.8 Å². The monoisotopic (exact) mass is 462 g/mol. The van der Waals surface area contributed by atoms with Crippen LogP contribution in [-0.2, 0) is 4.79 Å². The smallest absolute Gasteiger partial charge is 0.308 e. The lowest BCUT2D eigenvalue weighted by Crippen LogP contribution is -2.21. The van der Waals surface area contributed by atoms with Gasteiger partial charge in [-0.1, -0.05) is 12.1 Å². The van der Waals surface area contributed by atoms with Crippen LogP contribution in [0.2, 0.25) is 0 Å². The van der Waals surface area contributed by atoms with Gasteiger partial charge in [0, 0.05) is 12.5 Å². The summed E-state index contributed by atoms with van der Waals surface area (Å²) < 4.78 is 27.3. The molecule has 34 heavy (non-hydrogen) atoms. The van der Waals surface area contributed by atoms with E-state index in [-0.39, 0.29) is 34.6 Å². The van der Waals surface area contributed by atoms with Crippen LogP contribution in [0, 0.1) is 11.3 Å². The molecule has 4 rings (SSSR count). The highest BCUT2D eigenvalue weighted by atomic mass is 16.6. The molecule has 0 spiro atoms. The molecule has 10 nitrogen and oxygen atoms in total. The Hall–Kier alpha value is -4.65. The van der Waals surface area contributed by atoms with E-state index in [1.165, 1.54) is 21.1 Å². The average molecular weight is 462 g/mol. The number of benzene rings is 2. The number of nitrogens with two attached hydrogens (primary N) is 1. The number of fused-ring (bicyclic) bond motifs is 1. The average Bonchev–Trinajstić information content (AvgIpc) is 3.26. The van der Waals surface area contributed by atoms with Gasteiger partial charge in [-0.15, -0.1) is 5.10 Å². The zero-order valence-electron chi connectivity index (χ0n) is 19.0. The fraction of sp³-hybridized carbons (Fsp3) is 0.208. The Balaban J connectivity index is 1.96. The summed E-state index contributed by atoms with van der Waals surface area (Å²) in [6.07, 6.45) is 0. The van der Waals surface area contributed by atoms with Gasteiger partial charge in [0.2, 0.25) is 17.5 Å². The summed E-state index contributed by atoms with van der Waals surface area (Å²) in [4.78, 5) is 11.6. The summed E-state index contributed by atoms with van der Waals surface area (Å²) in [5.74, 6) is 0.243. The van der Waals surface area contributed by atoms with Gasteiger partial charge in [-0.25, -0.2) is 0 Å². The normalized spacial score (nSPS) is 14.5. The first-order valence-electron chi connectivity index (χ1n) is 10.2. The molecular weight excluding hydrogens is 440 g/mol. The summed E-state index contributed by atoms with van der Waals surface area (Å²) in [5, 5.41) is 17.2. The zero-order chi connectivity index (χ0) is 24.4. The molecule has 3 N–H and O–H groups in total. The number of nitrogens with one attached hydrogen (secondary N) is 1. The molecule has 0 aliphatic carbocycles. The van der Waals surface area contributed by atoms with E-state index >= 15 is 0 Å². The Morgan fingerprint density at radius 3 is 2.44 bits per heavy atom. The number of H-pyrrole nitrogens is 1. The Bertz CT molecular complexity index is 1310. The van der Waals surface area contributed by atoms with Crippen LogP contribution < -0.4 is 29.4 Å². The first-order chi connectivity index (χ1) is 16.4. The minimum absolute atomic E-state index is 0.0642. The zero-order valence-corrected chi connectivity index (χ0v) is 19.0. The van der Waals surface area contributed by atoms with Crippen molar-refractivity contribution in [3.05, 3.63) is 59.0 Å². The highest BCUT2D eigenvalue weighted by Gasteiger charge is 2.37. The highest BCUT2D eigenvalue weighted by Crippen LogP contribution is 2.49. The molecule has 3 aromatic rings. The highest BCUT2D eigenvalue weighted by molar-refractivity contribution is 5.74. The molecule has 1 aromatic heterocycles. The van der Waals surface area contributed by atoms with Crippen molar-refractivity contribution in [2.75, 3.05) is 21.3 Å². The molecule has 0 radical (unpaired) electrons. The number of hydrogen-bond acceptors (Lipinski definition) is 9. The summed E-state index contributed by atoms with van der Waals surface area (Å²) in [7, 11) is 4.46. The number of aromatic amines is 1. The van der Waals surface area contributed by atoms with Crippen molar-refractivity contribution < 1.29 is 28.5 Å². The van der Waals surface area contributed by atoms with Crippen LogP contribution in [0.15, 0.2) is 47.9 Å². The van der Waals surface area contributed by atoms with E-state index in [2.05, 4.69) is 16.3 Å². The maximum atomic E-state index is 11.6. The lowest BCUT2D eigenvalue weighted by molar-refractivity contribution is -0.132. The van der Waals surface area contributed by atoms with E-state index in [1.54, 1.807) is 19.2 Å². The van der Waals surface area contributed by atoms with Crippen LogP contribution >= 0.6 is 0 Å². The number of methoxy groups -OCH3 is 3. The van der Waals surface area contributed by atoms with Crippen LogP contribution in [0.25, 0.3) is 11.3 Å². The van der Waals surface area contributed by atoms with Gasteiger partial charge in [0.05, 0.1) is 38.5 Å². The summed E-state index contributed by atoms with van der Waals surface area (Å²) >= 11 is 0. The van der Waals surface area contributed by atoms with Crippen LogP contribution in [0.5, 0.6) is 28.9 Å². The molecule has 0 amide bonds. The van der Waals surface area contributed by atoms with E-state index < -0.39 is 11.9 Å². The second-order valence-corrected chi connectivity index (χ2v) is 7.32. The predicted octanol–water partition coefficient (Wildman–Crippen LogP) is 3.25. The predicted molar refractivity (Wildman–Crippen MR) is 121 cm³/mol. The Kier molecular flexibility index (Phi) is 6.01. The number of allylic oxidation sites excluding steroid dienone is 1. The number of nitriles is 1. The molecule has 174 valence electrons. The maximum absolute atomic E-state index is 11.6. The number of esters is 1. The van der Waals surface area contributed by atoms with Gasteiger partial charge in [0.15, 0.2) is 11.5 Å². The number of rotatable bonds is 6. The molecule has 1 atom stereocenters. The third-order valence-corrected chi connectivity index (χ3v) is 5.36. The minimum atomic E-state index is -0.678. The molecule has 2 aromatic carbocycles. The van der Waals surface area contributed by atoms with Gasteiger partial charge in [-0.2, -0.15) is 5.26 Å². The molecule has 1 aliphatic heterocycles. The van der Waals surface area contributed by atoms with Crippen molar-refractivity contribution in [3.63, 3.8) is 0 Å². The topological polar surface area (TPSA) is 142 Å². The van der Waals surface area contributed by atoms with E-state index in [9.17, 15) is 10.1 Å². The Labute approximate surface area is 195 Å². The van der Waals surface area contributed by atoms with E-state index in [0.717, 1.165) is 5.56 Å². The largest absolute Gasteiger partial charge is 0.497 e. The second kappa shape index (κ2) is 9.07. The maximum Gasteiger partial charge on any atom is 0.308 e. The van der Waals surface area contributed by atoms with Crippen LogP contribution in [-0.4, -0.2) is 37.5 Å². The Morgan fingerprint density at radius 1 is 1.15 bits per heavy atom. The minimum Gasteiger partial charge on any atom is -0.497 e. The number of hydrogen-bond donors (Lipinski definition) is 2. The van der Waals surface area contributed by atoms with Gasteiger partial charge in [-0.3, -0.25) is 9.89 Å². The summed E-state index contributed by atoms with van der Waals surface area (Å²) in [6.45, 7) is 1.28. The molecule has 0 fully saturated rings. The van der Waals surface area contributed by atoms with Gasteiger partial charge >= 0.3 is 5.97 Å². The van der Waals surface area contributed by atoms with Crippen LogP contribution in [0.3, 0.4) is 0 Å². The van der Waals surface area contributed by atoms with Gasteiger partial charge in [-0.05, 0) is 29.8 Å². The van der Waals surface area contributed by atoms with Crippen molar-refractivity contribution >= 4 is 5.97 Å². The van der Waals surface area contributed by atoms with Crippen molar-refractivity contribution in [1.82, 2.24) is 10.2 Å². The quantitative estimate of drug-likeness (QED) is 0.417. The van der Waals surface area contributed by atoms with Crippen LogP contribution in [0.4, 0.5) is 0 Å². The fourth-order valence-electron chi connectivity index (χ4n) is 3.89. The number of ether oxygens (including phenoxy) is 5. The molecule has 2 heterocycles. The third kappa shape index (κ3) is 3.84. The van der Waals surface area contributed by atoms with Crippen molar-refractivity contribution in [1.29, 1.82) is 5.26 Å². The molecule has 0 bridgehead atoms. The second-order valence-electron chi connectivity index (χ2n) is 7.32. The van der Waals surface area contributed by atoms with Gasteiger partial charge < -0.3 is 29.4 Å². The molecule has 10 heteroatoms. The third-order valence-electron chi connectivity index (χ3n) is 5.36. The van der Waals surface area contributed by atoms with Crippen LogP contribution in [0.1, 0.15) is 24.0 Å². The van der Waals surface area contributed by atoms with Gasteiger partial charge in [0.1, 0.15) is 17.4 Å². The van der Waals surface area contributed by atoms with Crippen molar-refractivity contribution in [2.24, 2.45) is 5.73 Å². The lowest BCUT2D eigenvalue weighted by Gasteiger charge is -2.25. The van der Waals surface area contributed by atoms with Gasteiger partial charge in [0.25, 0.3) is 0 Å². The molecule has 0 saturated heterocycles. The summed E-state index contributed by atoms with van der Waals surface area (Å²) in [6, 6.07) is 12.9. The van der Waals surface area contributed by atoms with Crippen molar-refractivity contribution in [3.8, 4) is 46.2 Å². The van der Waals surface area contributed by atoms with E-state index in [4.69, 9.17) is 29.4 Å². The molecule has 0 saturated carbocycles. The van der Waals surface area contributed by atoms with E-state index in [1.807, 2.05) is 24.3 Å². The molecular formula is C24H22N4O6. The lowest BCUT2D eigenvalue weighted by atomic mass is 9.82.